The van der Waals surface area contributed by atoms with Gasteiger partial charge in [-0.1, -0.05) is 0 Å². The number of anilines is 1. The maximum absolute atomic E-state index is 12.2. The quantitative estimate of drug-likeness (QED) is 0.895. The van der Waals surface area contributed by atoms with E-state index in [0.717, 1.165) is 18.4 Å². The number of nitrogens with zero attached hydrogens (tertiary/aromatic N) is 5. The maximum Gasteiger partial charge on any atom is 0.406 e. The van der Waals surface area contributed by atoms with Crippen LogP contribution in [-0.2, 0) is 4.79 Å². The van der Waals surface area contributed by atoms with Crippen LogP contribution in [0.25, 0.3) is 5.82 Å². The van der Waals surface area contributed by atoms with Crippen LogP contribution < -0.4 is 5.32 Å². The molecule has 0 aromatic carbocycles. The Hall–Kier alpha value is -2.65. The van der Waals surface area contributed by atoms with Crippen LogP contribution in [0.4, 0.5) is 19.0 Å². The Morgan fingerprint density at radius 3 is 2.50 bits per heavy atom. The summed E-state index contributed by atoms with van der Waals surface area (Å²) < 4.78 is 38.3. The minimum Gasteiger partial charge on any atom is -0.360 e. The first-order valence-corrected chi connectivity index (χ1v) is 7.07. The van der Waals surface area contributed by atoms with Crippen molar-refractivity contribution in [1.29, 1.82) is 0 Å². The van der Waals surface area contributed by atoms with E-state index in [0.29, 0.717) is 10.7 Å². The molecule has 0 radical (unpaired) electrons. The van der Waals surface area contributed by atoms with Gasteiger partial charge in [0.15, 0.2) is 5.82 Å². The minimum absolute atomic E-state index is 0.286. The number of aryl methyl sites for hydroxylation is 2. The Labute approximate surface area is 136 Å². The Morgan fingerprint density at radius 2 is 2.00 bits per heavy atom. The predicted octanol–water partition coefficient (Wildman–Crippen LogP) is 1.71. The van der Waals surface area contributed by atoms with Crippen LogP contribution in [0, 0.1) is 13.8 Å². The summed E-state index contributed by atoms with van der Waals surface area (Å²) in [6, 6.07) is 5.12. The van der Waals surface area contributed by atoms with Gasteiger partial charge < -0.3 is 10.2 Å². The molecule has 0 unspecified atom stereocenters. The molecule has 0 aliphatic heterocycles. The summed E-state index contributed by atoms with van der Waals surface area (Å²) in [6.45, 7) is 2.13. The molecule has 0 aliphatic rings. The van der Waals surface area contributed by atoms with Crippen molar-refractivity contribution in [3.05, 3.63) is 29.6 Å². The number of hydrogen-bond donors (Lipinski definition) is 1. The van der Waals surface area contributed by atoms with E-state index in [4.69, 9.17) is 0 Å². The highest BCUT2D eigenvalue weighted by atomic mass is 19.4. The molecule has 1 amide bonds. The summed E-state index contributed by atoms with van der Waals surface area (Å²) >= 11 is 0. The monoisotopic (exact) mass is 342 g/mol. The SMILES string of the molecule is Cc1cc(C)n(-c2ccc(NCC(=O)N(C)CC(F)(F)F)nn2)n1. The zero-order valence-electron chi connectivity index (χ0n) is 13.4. The van der Waals surface area contributed by atoms with E-state index in [-0.39, 0.29) is 12.4 Å². The molecule has 0 saturated carbocycles. The van der Waals surface area contributed by atoms with E-state index in [1.807, 2.05) is 19.9 Å². The molecule has 7 nitrogen and oxygen atoms in total. The molecule has 0 spiro atoms. The average molecular weight is 342 g/mol. The Balaban J connectivity index is 1.95. The van der Waals surface area contributed by atoms with E-state index in [1.165, 1.54) is 0 Å². The number of aromatic nitrogens is 4. The van der Waals surface area contributed by atoms with Gasteiger partial charge in [0, 0.05) is 12.7 Å². The van der Waals surface area contributed by atoms with Crippen LogP contribution in [0.5, 0.6) is 0 Å². The van der Waals surface area contributed by atoms with Crippen LogP contribution >= 0.6 is 0 Å². The zero-order valence-corrected chi connectivity index (χ0v) is 13.4. The van der Waals surface area contributed by atoms with Crippen molar-refractivity contribution < 1.29 is 18.0 Å². The lowest BCUT2D eigenvalue weighted by atomic mass is 10.4. The molecule has 2 aromatic heterocycles. The highest BCUT2D eigenvalue weighted by Gasteiger charge is 2.31. The molecular formula is C14H17F3N6O. The molecule has 24 heavy (non-hydrogen) atoms. The molecule has 2 aromatic rings. The fourth-order valence-corrected chi connectivity index (χ4v) is 2.05. The molecule has 0 fully saturated rings. The fraction of sp³-hybridized carbons (Fsp3) is 0.429. The second-order valence-electron chi connectivity index (χ2n) is 5.33. The number of carbonyl (C=O) groups is 1. The van der Waals surface area contributed by atoms with Crippen LogP contribution in [0.15, 0.2) is 18.2 Å². The average Bonchev–Trinajstić information content (AvgIpc) is 2.82. The van der Waals surface area contributed by atoms with Crippen molar-refractivity contribution >= 4 is 11.7 Å². The zero-order chi connectivity index (χ0) is 17.9. The number of rotatable bonds is 5. The van der Waals surface area contributed by atoms with Crippen LogP contribution in [0.3, 0.4) is 0 Å². The lowest BCUT2D eigenvalue weighted by molar-refractivity contribution is -0.157. The van der Waals surface area contributed by atoms with Crippen molar-refractivity contribution in [2.75, 3.05) is 25.5 Å². The van der Waals surface area contributed by atoms with E-state index in [1.54, 1.807) is 16.8 Å². The standard InChI is InChI=1S/C14H17F3N6O/c1-9-6-10(2)23(21-9)12-5-4-11(19-20-12)18-7-13(24)22(3)8-14(15,16)17/h4-6H,7-8H2,1-3H3,(H,18,19). The number of carbonyl (C=O) groups excluding carboxylic acids is 1. The maximum atomic E-state index is 12.2. The second kappa shape index (κ2) is 6.85. The van der Waals surface area contributed by atoms with E-state index in [9.17, 15) is 18.0 Å². The van der Waals surface area contributed by atoms with Gasteiger partial charge in [-0.05, 0) is 32.0 Å². The Morgan fingerprint density at radius 1 is 1.29 bits per heavy atom. The van der Waals surface area contributed by atoms with Crippen molar-refractivity contribution in [1.82, 2.24) is 24.9 Å². The van der Waals surface area contributed by atoms with E-state index < -0.39 is 18.6 Å². The molecule has 0 atom stereocenters. The highest BCUT2D eigenvalue weighted by molar-refractivity contribution is 5.80. The highest BCUT2D eigenvalue weighted by Crippen LogP contribution is 2.15. The largest absolute Gasteiger partial charge is 0.406 e. The summed E-state index contributed by atoms with van der Waals surface area (Å²) in [5.74, 6) is 0.0949. The van der Waals surface area contributed by atoms with Gasteiger partial charge in [-0.25, -0.2) is 4.68 Å². The smallest absolute Gasteiger partial charge is 0.360 e. The first kappa shape index (κ1) is 17.7. The van der Waals surface area contributed by atoms with Crippen molar-refractivity contribution in [2.24, 2.45) is 0 Å². The van der Waals surface area contributed by atoms with Crippen molar-refractivity contribution in [2.45, 2.75) is 20.0 Å². The second-order valence-corrected chi connectivity index (χ2v) is 5.33. The predicted molar refractivity (Wildman–Crippen MR) is 80.8 cm³/mol. The number of nitrogens with one attached hydrogen (secondary N) is 1. The number of amides is 1. The number of likely N-dealkylation sites (N-methyl/N-ethyl adjacent to an activating group) is 1. The van der Waals surface area contributed by atoms with Gasteiger partial charge in [0.05, 0.1) is 12.2 Å². The molecule has 130 valence electrons. The van der Waals surface area contributed by atoms with Crippen LogP contribution in [0.2, 0.25) is 0 Å². The van der Waals surface area contributed by atoms with Crippen LogP contribution in [0.1, 0.15) is 11.4 Å². The lowest BCUT2D eigenvalue weighted by Gasteiger charge is -2.19. The minimum atomic E-state index is -4.42. The normalized spacial score (nSPS) is 11.4. The molecule has 1 N–H and O–H groups in total. The molecule has 10 heteroatoms. The molecule has 0 saturated heterocycles. The summed E-state index contributed by atoms with van der Waals surface area (Å²) in [5, 5.41) is 14.8. The van der Waals surface area contributed by atoms with Gasteiger partial charge >= 0.3 is 6.18 Å². The summed E-state index contributed by atoms with van der Waals surface area (Å²) in [5.41, 5.74) is 1.74. The third-order valence-electron chi connectivity index (χ3n) is 3.14. The van der Waals surface area contributed by atoms with Gasteiger partial charge in [0.2, 0.25) is 5.91 Å². The first-order chi connectivity index (χ1) is 11.2. The molecule has 0 aliphatic carbocycles. The summed E-state index contributed by atoms with van der Waals surface area (Å²) in [7, 11) is 1.09. The Bertz CT molecular complexity index is 710. The van der Waals surface area contributed by atoms with Crippen molar-refractivity contribution in [3.63, 3.8) is 0 Å². The number of halogens is 3. The number of alkyl halides is 3. The van der Waals surface area contributed by atoms with Gasteiger partial charge in [0.1, 0.15) is 12.4 Å². The van der Waals surface area contributed by atoms with Gasteiger partial charge in [-0.3, -0.25) is 4.79 Å². The van der Waals surface area contributed by atoms with E-state index >= 15 is 0 Å². The van der Waals surface area contributed by atoms with Gasteiger partial charge in [0.25, 0.3) is 0 Å². The molecule has 2 rings (SSSR count). The lowest BCUT2D eigenvalue weighted by Crippen LogP contribution is -2.39. The van der Waals surface area contributed by atoms with Crippen LogP contribution in [-0.4, -0.2) is 57.1 Å². The number of hydrogen-bond acceptors (Lipinski definition) is 5. The molecule has 2 heterocycles. The van der Waals surface area contributed by atoms with Gasteiger partial charge in [-0.15, -0.1) is 10.2 Å². The fourth-order valence-electron chi connectivity index (χ4n) is 2.05. The van der Waals surface area contributed by atoms with Gasteiger partial charge in [-0.2, -0.15) is 18.3 Å². The first-order valence-electron chi connectivity index (χ1n) is 7.07. The molecular weight excluding hydrogens is 325 g/mol. The molecule has 0 bridgehead atoms. The third kappa shape index (κ3) is 4.67. The summed E-state index contributed by atoms with van der Waals surface area (Å²) in [6.07, 6.45) is -4.42. The summed E-state index contributed by atoms with van der Waals surface area (Å²) in [4.78, 5) is 12.2. The topological polar surface area (TPSA) is 75.9 Å². The third-order valence-corrected chi connectivity index (χ3v) is 3.14. The van der Waals surface area contributed by atoms with Crippen molar-refractivity contribution in [3.8, 4) is 5.82 Å². The van der Waals surface area contributed by atoms with E-state index in [2.05, 4.69) is 20.6 Å². The Kier molecular flexibility index (Phi) is 5.05.